The summed E-state index contributed by atoms with van der Waals surface area (Å²) in [6.07, 6.45) is 1.81. The van der Waals surface area contributed by atoms with Gasteiger partial charge in [-0.25, -0.2) is 4.98 Å². The predicted molar refractivity (Wildman–Crippen MR) is 98.3 cm³/mol. The van der Waals surface area contributed by atoms with Crippen molar-refractivity contribution in [1.82, 2.24) is 14.5 Å². The van der Waals surface area contributed by atoms with Gasteiger partial charge in [-0.2, -0.15) is 0 Å². The van der Waals surface area contributed by atoms with E-state index in [9.17, 15) is 4.79 Å². The van der Waals surface area contributed by atoms with E-state index in [1.807, 2.05) is 36.4 Å². The molecular weight excluding hydrogens is 318 g/mol. The first kappa shape index (κ1) is 14.9. The molecule has 0 atom stereocenters. The molecule has 2 aromatic carbocycles. The minimum Gasteiger partial charge on any atom is -0.290 e. The summed E-state index contributed by atoms with van der Waals surface area (Å²) in [4.78, 5) is 21.6. The highest BCUT2D eigenvalue weighted by molar-refractivity contribution is 7.98. The normalized spacial score (nSPS) is 11.2. The fourth-order valence-electron chi connectivity index (χ4n) is 2.75. The summed E-state index contributed by atoms with van der Waals surface area (Å²) in [6, 6.07) is 17.6. The molecule has 2 aromatic heterocycles. The van der Waals surface area contributed by atoms with Crippen molar-refractivity contribution in [2.45, 2.75) is 10.9 Å². The maximum atomic E-state index is 12.5. The van der Waals surface area contributed by atoms with E-state index in [1.54, 1.807) is 29.6 Å². The van der Waals surface area contributed by atoms with Gasteiger partial charge in [-0.1, -0.05) is 48.2 Å². The van der Waals surface area contributed by atoms with E-state index in [2.05, 4.69) is 28.2 Å². The molecule has 0 spiro atoms. The van der Waals surface area contributed by atoms with Gasteiger partial charge < -0.3 is 0 Å². The Balaban J connectivity index is 1.72. The third-order valence-corrected chi connectivity index (χ3v) is 5.09. The van der Waals surface area contributed by atoms with Gasteiger partial charge in [0.25, 0.3) is 5.56 Å². The third-order valence-electron chi connectivity index (χ3n) is 4.02. The second-order valence-electron chi connectivity index (χ2n) is 5.56. The number of nitrogens with zero attached hydrogens (tertiary/aromatic N) is 3. The summed E-state index contributed by atoms with van der Waals surface area (Å²) in [5.41, 5.74) is 2.86. The van der Waals surface area contributed by atoms with Gasteiger partial charge in [-0.05, 0) is 23.8 Å². The molecule has 0 aliphatic heterocycles. The Labute approximate surface area is 143 Å². The summed E-state index contributed by atoms with van der Waals surface area (Å²) in [5, 5.41) is 2.48. The Bertz CT molecular complexity index is 1100. The van der Waals surface area contributed by atoms with Gasteiger partial charge in [-0.3, -0.25) is 14.3 Å². The molecule has 0 bridgehead atoms. The molecule has 4 rings (SSSR count). The van der Waals surface area contributed by atoms with Crippen molar-refractivity contribution in [3.8, 4) is 0 Å². The lowest BCUT2D eigenvalue weighted by Gasteiger charge is -2.09. The number of hydrogen-bond acceptors (Lipinski definition) is 4. The molecule has 4 aromatic rings. The highest BCUT2D eigenvalue weighted by Gasteiger charge is 2.09. The van der Waals surface area contributed by atoms with Crippen LogP contribution in [-0.2, 0) is 12.8 Å². The van der Waals surface area contributed by atoms with Crippen LogP contribution < -0.4 is 5.56 Å². The third kappa shape index (κ3) is 2.57. The summed E-state index contributed by atoms with van der Waals surface area (Å²) >= 11 is 1.56. The lowest BCUT2D eigenvalue weighted by molar-refractivity contribution is 0.726. The zero-order valence-corrected chi connectivity index (χ0v) is 14.0. The number of pyridine rings is 1. The molecule has 0 N–H and O–H groups in total. The van der Waals surface area contributed by atoms with E-state index < -0.39 is 0 Å². The molecule has 4 nitrogen and oxygen atoms in total. The van der Waals surface area contributed by atoms with Crippen molar-refractivity contribution >= 4 is 33.6 Å². The van der Waals surface area contributed by atoms with Crippen LogP contribution in [0, 0.1) is 0 Å². The Morgan fingerprint density at radius 3 is 2.79 bits per heavy atom. The van der Waals surface area contributed by atoms with Crippen LogP contribution in [0.5, 0.6) is 0 Å². The molecule has 5 heteroatoms. The smallest absolute Gasteiger partial charge is 0.261 e. The minimum atomic E-state index is -0.0147. The zero-order chi connectivity index (χ0) is 16.5. The van der Waals surface area contributed by atoms with Gasteiger partial charge >= 0.3 is 0 Å². The monoisotopic (exact) mass is 333 g/mol. The van der Waals surface area contributed by atoms with Crippen LogP contribution in [0.4, 0.5) is 0 Å². The molecule has 0 aliphatic carbocycles. The first-order chi connectivity index (χ1) is 11.7. The molecular formula is C19H15N3OS. The Morgan fingerprint density at radius 2 is 1.88 bits per heavy atom. The molecule has 0 saturated heterocycles. The molecule has 0 fully saturated rings. The average Bonchev–Trinajstić information content (AvgIpc) is 2.63. The van der Waals surface area contributed by atoms with Gasteiger partial charge in [0.15, 0.2) is 5.16 Å². The Morgan fingerprint density at radius 1 is 1.04 bits per heavy atom. The van der Waals surface area contributed by atoms with Gasteiger partial charge in [-0.15, -0.1) is 0 Å². The number of fused-ring (bicyclic) bond motifs is 2. The second kappa shape index (κ2) is 6.09. The van der Waals surface area contributed by atoms with Crippen molar-refractivity contribution < 1.29 is 0 Å². The standard InChI is InChI=1S/C19H15N3OS/c1-22-18(23)15-9-2-3-10-16(15)21-19(22)24-12-14-7-4-6-13-8-5-11-20-17(13)14/h2-11H,12H2,1H3. The maximum absolute atomic E-state index is 12.5. The number of hydrogen-bond donors (Lipinski definition) is 0. The maximum Gasteiger partial charge on any atom is 0.261 e. The predicted octanol–water partition coefficient (Wildman–Crippen LogP) is 3.77. The van der Waals surface area contributed by atoms with Crippen LogP contribution in [-0.4, -0.2) is 14.5 Å². The van der Waals surface area contributed by atoms with E-state index in [4.69, 9.17) is 0 Å². The molecule has 118 valence electrons. The first-order valence-corrected chi connectivity index (χ1v) is 8.64. The largest absolute Gasteiger partial charge is 0.290 e. The summed E-state index contributed by atoms with van der Waals surface area (Å²) in [7, 11) is 1.77. The highest BCUT2D eigenvalue weighted by atomic mass is 32.2. The van der Waals surface area contributed by atoms with E-state index in [0.717, 1.165) is 22.0 Å². The summed E-state index contributed by atoms with van der Waals surface area (Å²) < 4.78 is 1.62. The molecule has 0 amide bonds. The van der Waals surface area contributed by atoms with Gasteiger partial charge in [0.05, 0.1) is 16.4 Å². The topological polar surface area (TPSA) is 47.8 Å². The van der Waals surface area contributed by atoms with Crippen molar-refractivity contribution in [2.24, 2.45) is 7.05 Å². The Hall–Kier alpha value is -2.66. The number of aromatic nitrogens is 3. The number of rotatable bonds is 3. The summed E-state index contributed by atoms with van der Waals surface area (Å²) in [5.74, 6) is 0.715. The van der Waals surface area contributed by atoms with Gasteiger partial charge in [0, 0.05) is 24.4 Å². The number of benzene rings is 2. The van der Waals surface area contributed by atoms with E-state index in [-0.39, 0.29) is 5.56 Å². The van der Waals surface area contributed by atoms with Crippen LogP contribution in [0.25, 0.3) is 21.8 Å². The lowest BCUT2D eigenvalue weighted by atomic mass is 10.1. The molecule has 2 heterocycles. The van der Waals surface area contributed by atoms with Gasteiger partial charge in [0.2, 0.25) is 0 Å². The Kier molecular flexibility index (Phi) is 3.78. The van der Waals surface area contributed by atoms with E-state index in [0.29, 0.717) is 16.3 Å². The fraction of sp³-hybridized carbons (Fsp3) is 0.105. The zero-order valence-electron chi connectivity index (χ0n) is 13.1. The number of thioether (sulfide) groups is 1. The summed E-state index contributed by atoms with van der Waals surface area (Å²) in [6.45, 7) is 0. The van der Waals surface area contributed by atoms with Crippen molar-refractivity contribution in [1.29, 1.82) is 0 Å². The molecule has 0 unspecified atom stereocenters. The quantitative estimate of drug-likeness (QED) is 0.423. The molecule has 0 aliphatic rings. The fourth-order valence-corrected chi connectivity index (χ4v) is 3.71. The second-order valence-corrected chi connectivity index (χ2v) is 6.50. The van der Waals surface area contributed by atoms with Crippen LogP contribution in [0.3, 0.4) is 0 Å². The highest BCUT2D eigenvalue weighted by Crippen LogP contribution is 2.25. The average molecular weight is 333 g/mol. The van der Waals surface area contributed by atoms with Crippen molar-refractivity contribution in [3.63, 3.8) is 0 Å². The van der Waals surface area contributed by atoms with E-state index in [1.165, 1.54) is 0 Å². The minimum absolute atomic E-state index is 0.0147. The van der Waals surface area contributed by atoms with E-state index >= 15 is 0 Å². The lowest BCUT2D eigenvalue weighted by Crippen LogP contribution is -2.19. The molecule has 24 heavy (non-hydrogen) atoms. The van der Waals surface area contributed by atoms with Crippen LogP contribution in [0.1, 0.15) is 5.56 Å². The van der Waals surface area contributed by atoms with Crippen LogP contribution >= 0.6 is 11.8 Å². The van der Waals surface area contributed by atoms with Crippen LogP contribution in [0.2, 0.25) is 0 Å². The molecule has 0 saturated carbocycles. The van der Waals surface area contributed by atoms with Crippen molar-refractivity contribution in [2.75, 3.05) is 0 Å². The SMILES string of the molecule is Cn1c(SCc2cccc3cccnc23)nc2ccccc2c1=O. The first-order valence-electron chi connectivity index (χ1n) is 7.65. The van der Waals surface area contributed by atoms with Crippen LogP contribution in [0.15, 0.2) is 70.7 Å². The van der Waals surface area contributed by atoms with Crippen molar-refractivity contribution in [3.05, 3.63) is 76.7 Å². The molecule has 0 radical (unpaired) electrons. The number of para-hydroxylation sites is 2. The van der Waals surface area contributed by atoms with Gasteiger partial charge in [0.1, 0.15) is 0 Å².